The van der Waals surface area contributed by atoms with Crippen LogP contribution in [0, 0.1) is 19.8 Å². The number of ether oxygens (including phenoxy) is 1. The standard InChI is InChI=1S/C20H32O/c1-7-9-10-11-18(8-2)19-13-16(5)12-17(6)20(19)21-14-15(3)4/h9-10,12-13,15,18H,7-8,11,14H2,1-6H3/b10-9-. The molecule has 0 fully saturated rings. The summed E-state index contributed by atoms with van der Waals surface area (Å²) in [4.78, 5) is 0. The first-order valence-corrected chi connectivity index (χ1v) is 8.38. The fourth-order valence-electron chi connectivity index (χ4n) is 2.68. The van der Waals surface area contributed by atoms with E-state index in [4.69, 9.17) is 4.74 Å². The van der Waals surface area contributed by atoms with Crippen molar-refractivity contribution in [2.45, 2.75) is 66.7 Å². The molecule has 1 rings (SSSR count). The molecule has 0 aliphatic rings. The van der Waals surface area contributed by atoms with Gasteiger partial charge in [-0.25, -0.2) is 0 Å². The first-order chi connectivity index (χ1) is 9.99. The van der Waals surface area contributed by atoms with Crippen molar-refractivity contribution in [1.29, 1.82) is 0 Å². The van der Waals surface area contributed by atoms with Crippen LogP contribution in [0.1, 0.15) is 69.6 Å². The van der Waals surface area contributed by atoms with Gasteiger partial charge in [0.15, 0.2) is 0 Å². The average Bonchev–Trinajstić information content (AvgIpc) is 2.42. The Morgan fingerprint density at radius 1 is 1.10 bits per heavy atom. The molecule has 0 aromatic heterocycles. The predicted molar refractivity (Wildman–Crippen MR) is 93.3 cm³/mol. The van der Waals surface area contributed by atoms with Crippen LogP contribution < -0.4 is 4.74 Å². The lowest BCUT2D eigenvalue weighted by molar-refractivity contribution is 0.265. The molecule has 0 saturated carbocycles. The molecule has 1 heteroatoms. The monoisotopic (exact) mass is 288 g/mol. The molecule has 1 nitrogen and oxygen atoms in total. The van der Waals surface area contributed by atoms with Gasteiger partial charge in [-0.3, -0.25) is 0 Å². The van der Waals surface area contributed by atoms with Crippen LogP contribution in [0.3, 0.4) is 0 Å². The Bertz CT molecular complexity index is 457. The lowest BCUT2D eigenvalue weighted by atomic mass is 9.89. The van der Waals surface area contributed by atoms with Gasteiger partial charge in [0.1, 0.15) is 5.75 Å². The Morgan fingerprint density at radius 2 is 1.81 bits per heavy atom. The van der Waals surface area contributed by atoms with Crippen LogP contribution in [0.25, 0.3) is 0 Å². The summed E-state index contributed by atoms with van der Waals surface area (Å²) in [7, 11) is 0. The minimum atomic E-state index is 0.550. The van der Waals surface area contributed by atoms with E-state index in [0.717, 1.165) is 31.6 Å². The van der Waals surface area contributed by atoms with Gasteiger partial charge in [-0.1, -0.05) is 57.5 Å². The van der Waals surface area contributed by atoms with Gasteiger partial charge in [0.2, 0.25) is 0 Å². The zero-order valence-corrected chi connectivity index (χ0v) is 14.7. The van der Waals surface area contributed by atoms with Crippen molar-refractivity contribution in [3.63, 3.8) is 0 Å². The van der Waals surface area contributed by atoms with Crippen LogP contribution >= 0.6 is 0 Å². The fourth-order valence-corrected chi connectivity index (χ4v) is 2.68. The van der Waals surface area contributed by atoms with E-state index < -0.39 is 0 Å². The normalized spacial score (nSPS) is 13.1. The smallest absolute Gasteiger partial charge is 0.125 e. The zero-order valence-electron chi connectivity index (χ0n) is 14.7. The summed E-state index contributed by atoms with van der Waals surface area (Å²) in [6.45, 7) is 14.0. The van der Waals surface area contributed by atoms with Crippen molar-refractivity contribution >= 4 is 0 Å². The topological polar surface area (TPSA) is 9.23 Å². The van der Waals surface area contributed by atoms with Gasteiger partial charge in [0, 0.05) is 0 Å². The van der Waals surface area contributed by atoms with E-state index in [1.807, 2.05) is 0 Å². The maximum absolute atomic E-state index is 6.15. The van der Waals surface area contributed by atoms with E-state index >= 15 is 0 Å². The second kappa shape index (κ2) is 8.92. The molecule has 1 aromatic rings. The van der Waals surface area contributed by atoms with Crippen molar-refractivity contribution in [1.82, 2.24) is 0 Å². The second-order valence-electron chi connectivity index (χ2n) is 6.43. The molecule has 118 valence electrons. The Balaban J connectivity index is 3.08. The summed E-state index contributed by atoms with van der Waals surface area (Å²) >= 11 is 0. The number of hydrogen-bond donors (Lipinski definition) is 0. The fraction of sp³-hybridized carbons (Fsp3) is 0.600. The van der Waals surface area contributed by atoms with Crippen LogP contribution in [0.15, 0.2) is 24.3 Å². The highest BCUT2D eigenvalue weighted by atomic mass is 16.5. The molecule has 0 bridgehead atoms. The van der Waals surface area contributed by atoms with E-state index in [9.17, 15) is 0 Å². The molecule has 0 spiro atoms. The molecule has 1 atom stereocenters. The maximum atomic E-state index is 6.15. The van der Waals surface area contributed by atoms with Crippen molar-refractivity contribution < 1.29 is 4.74 Å². The number of aryl methyl sites for hydroxylation is 2. The molecule has 0 heterocycles. The van der Waals surface area contributed by atoms with Gasteiger partial charge in [0.05, 0.1) is 6.61 Å². The highest BCUT2D eigenvalue weighted by Gasteiger charge is 2.16. The van der Waals surface area contributed by atoms with Crippen LogP contribution in [-0.2, 0) is 0 Å². The zero-order chi connectivity index (χ0) is 15.8. The lowest BCUT2D eigenvalue weighted by Gasteiger charge is -2.22. The Kier molecular flexibility index (Phi) is 7.56. The summed E-state index contributed by atoms with van der Waals surface area (Å²) < 4.78 is 6.15. The average molecular weight is 288 g/mol. The summed E-state index contributed by atoms with van der Waals surface area (Å²) in [5.74, 6) is 2.22. The quantitative estimate of drug-likeness (QED) is 0.518. The summed E-state index contributed by atoms with van der Waals surface area (Å²) in [5.41, 5.74) is 3.98. The molecule has 1 aromatic carbocycles. The molecule has 0 saturated heterocycles. The number of allylic oxidation sites excluding steroid dienone is 2. The third-order valence-electron chi connectivity index (χ3n) is 3.76. The SMILES string of the molecule is CC/C=C\CC(CC)c1cc(C)cc(C)c1OCC(C)C. The summed E-state index contributed by atoms with van der Waals surface area (Å²) in [6, 6.07) is 4.55. The molecule has 21 heavy (non-hydrogen) atoms. The van der Waals surface area contributed by atoms with Gasteiger partial charge in [0.25, 0.3) is 0 Å². The van der Waals surface area contributed by atoms with Crippen molar-refractivity contribution in [2.75, 3.05) is 6.61 Å². The van der Waals surface area contributed by atoms with Gasteiger partial charge >= 0.3 is 0 Å². The van der Waals surface area contributed by atoms with Gasteiger partial charge < -0.3 is 4.74 Å². The second-order valence-corrected chi connectivity index (χ2v) is 6.43. The van der Waals surface area contributed by atoms with E-state index in [1.165, 1.54) is 16.7 Å². The summed E-state index contributed by atoms with van der Waals surface area (Å²) in [5, 5.41) is 0. The third-order valence-corrected chi connectivity index (χ3v) is 3.76. The summed E-state index contributed by atoms with van der Waals surface area (Å²) in [6.07, 6.45) is 7.94. The molecule has 0 N–H and O–H groups in total. The highest BCUT2D eigenvalue weighted by molar-refractivity contribution is 5.46. The minimum Gasteiger partial charge on any atom is -0.493 e. The highest BCUT2D eigenvalue weighted by Crippen LogP contribution is 2.35. The molecule has 0 aliphatic heterocycles. The van der Waals surface area contributed by atoms with Gasteiger partial charge in [-0.05, 0) is 56.1 Å². The van der Waals surface area contributed by atoms with E-state index in [-0.39, 0.29) is 0 Å². The number of benzene rings is 1. The van der Waals surface area contributed by atoms with Crippen molar-refractivity contribution in [3.05, 3.63) is 41.0 Å². The van der Waals surface area contributed by atoms with Gasteiger partial charge in [-0.15, -0.1) is 0 Å². The molecule has 1 unspecified atom stereocenters. The molecular formula is C20H32O. The molecular weight excluding hydrogens is 256 g/mol. The number of rotatable bonds is 8. The predicted octanol–water partition coefficient (Wildman–Crippen LogP) is 6.19. The van der Waals surface area contributed by atoms with Crippen LogP contribution in [-0.4, -0.2) is 6.61 Å². The van der Waals surface area contributed by atoms with E-state index in [0.29, 0.717) is 11.8 Å². The first kappa shape index (κ1) is 17.8. The number of hydrogen-bond acceptors (Lipinski definition) is 1. The maximum Gasteiger partial charge on any atom is 0.125 e. The van der Waals surface area contributed by atoms with Crippen molar-refractivity contribution in [2.24, 2.45) is 5.92 Å². The van der Waals surface area contributed by atoms with E-state index in [2.05, 4.69) is 65.8 Å². The third kappa shape index (κ3) is 5.57. The largest absolute Gasteiger partial charge is 0.493 e. The molecule has 0 radical (unpaired) electrons. The first-order valence-electron chi connectivity index (χ1n) is 8.38. The van der Waals surface area contributed by atoms with Crippen LogP contribution in [0.4, 0.5) is 0 Å². The Hall–Kier alpha value is -1.24. The van der Waals surface area contributed by atoms with E-state index in [1.54, 1.807) is 0 Å². The van der Waals surface area contributed by atoms with Crippen LogP contribution in [0.2, 0.25) is 0 Å². The van der Waals surface area contributed by atoms with Crippen LogP contribution in [0.5, 0.6) is 5.75 Å². The Labute approximate surface area is 131 Å². The minimum absolute atomic E-state index is 0.550. The Morgan fingerprint density at radius 3 is 2.38 bits per heavy atom. The van der Waals surface area contributed by atoms with Gasteiger partial charge in [-0.2, -0.15) is 0 Å². The van der Waals surface area contributed by atoms with Crippen molar-refractivity contribution in [3.8, 4) is 5.75 Å². The molecule has 0 aliphatic carbocycles. The molecule has 0 amide bonds. The lowest BCUT2D eigenvalue weighted by Crippen LogP contribution is -2.09.